The Morgan fingerprint density at radius 3 is 2.74 bits per heavy atom. The summed E-state index contributed by atoms with van der Waals surface area (Å²) in [6, 6.07) is 11.1. The van der Waals surface area contributed by atoms with Crippen LogP contribution >= 0.6 is 11.8 Å². The standard InChI is InChI=1S/C26H28FN3O4S/c1-2-13-35-25-22(7-4-8-28-25)26(32)30-11-9-29(10-12-30)16-21-15-23(31)24(18-33-21)34-17-19-5-3-6-20(27)14-19/h3-8,14-15,18H,2,9-13,16-17H2,1H3. The van der Waals surface area contributed by atoms with Crippen LogP contribution in [0.4, 0.5) is 4.39 Å². The Labute approximate surface area is 207 Å². The van der Waals surface area contributed by atoms with Gasteiger partial charge in [-0.25, -0.2) is 9.37 Å². The minimum Gasteiger partial charge on any atom is -0.482 e. The van der Waals surface area contributed by atoms with E-state index >= 15 is 0 Å². The molecule has 184 valence electrons. The number of nitrogens with zero attached hydrogens (tertiary/aromatic N) is 3. The molecule has 1 saturated heterocycles. The van der Waals surface area contributed by atoms with Crippen molar-refractivity contribution in [2.75, 3.05) is 31.9 Å². The lowest BCUT2D eigenvalue weighted by Gasteiger charge is -2.34. The largest absolute Gasteiger partial charge is 0.482 e. The van der Waals surface area contributed by atoms with Gasteiger partial charge in [-0.1, -0.05) is 19.1 Å². The van der Waals surface area contributed by atoms with Gasteiger partial charge in [0.1, 0.15) is 29.5 Å². The van der Waals surface area contributed by atoms with Gasteiger partial charge in [-0.3, -0.25) is 14.5 Å². The van der Waals surface area contributed by atoms with Crippen LogP contribution in [0.3, 0.4) is 0 Å². The van der Waals surface area contributed by atoms with E-state index < -0.39 is 0 Å². The Bertz CT molecular complexity index is 1210. The zero-order valence-corrected chi connectivity index (χ0v) is 20.4. The van der Waals surface area contributed by atoms with Crippen molar-refractivity contribution in [3.63, 3.8) is 0 Å². The summed E-state index contributed by atoms with van der Waals surface area (Å²) < 4.78 is 24.4. The molecule has 35 heavy (non-hydrogen) atoms. The van der Waals surface area contributed by atoms with Crippen molar-refractivity contribution in [1.29, 1.82) is 0 Å². The van der Waals surface area contributed by atoms with E-state index in [-0.39, 0.29) is 29.5 Å². The molecule has 7 nitrogen and oxygen atoms in total. The highest BCUT2D eigenvalue weighted by Gasteiger charge is 2.25. The SMILES string of the molecule is CCCSc1ncccc1C(=O)N1CCN(Cc2cc(=O)c(OCc3cccc(F)c3)co2)CC1. The molecule has 4 rings (SSSR count). The molecular weight excluding hydrogens is 469 g/mol. The van der Waals surface area contributed by atoms with Crippen LogP contribution in [0, 0.1) is 5.82 Å². The number of aromatic nitrogens is 1. The maximum Gasteiger partial charge on any atom is 0.256 e. The number of rotatable bonds is 9. The van der Waals surface area contributed by atoms with Crippen molar-refractivity contribution < 1.29 is 18.3 Å². The minimum atomic E-state index is -0.355. The first-order valence-electron chi connectivity index (χ1n) is 11.6. The number of halogens is 1. The number of ether oxygens (including phenoxy) is 1. The van der Waals surface area contributed by atoms with Gasteiger partial charge in [-0.2, -0.15) is 0 Å². The van der Waals surface area contributed by atoms with E-state index in [4.69, 9.17) is 9.15 Å². The second-order valence-corrected chi connectivity index (χ2v) is 9.35. The minimum absolute atomic E-state index is 0.00249. The lowest BCUT2D eigenvalue weighted by atomic mass is 10.2. The average Bonchev–Trinajstić information content (AvgIpc) is 2.87. The van der Waals surface area contributed by atoms with Gasteiger partial charge in [-0.15, -0.1) is 11.8 Å². The Kier molecular flexibility index (Phi) is 8.54. The van der Waals surface area contributed by atoms with Crippen molar-refractivity contribution in [1.82, 2.24) is 14.8 Å². The lowest BCUT2D eigenvalue weighted by Crippen LogP contribution is -2.48. The first-order valence-corrected chi connectivity index (χ1v) is 12.6. The van der Waals surface area contributed by atoms with Crippen molar-refractivity contribution in [3.05, 3.63) is 87.9 Å². The molecule has 0 radical (unpaired) electrons. The number of thioether (sulfide) groups is 1. The summed E-state index contributed by atoms with van der Waals surface area (Å²) in [5.41, 5.74) is 0.993. The van der Waals surface area contributed by atoms with Crippen LogP contribution in [0.5, 0.6) is 5.75 Å². The summed E-state index contributed by atoms with van der Waals surface area (Å²) in [7, 11) is 0. The normalized spacial score (nSPS) is 14.2. The Morgan fingerprint density at radius 1 is 1.17 bits per heavy atom. The van der Waals surface area contributed by atoms with E-state index in [0.717, 1.165) is 17.2 Å². The van der Waals surface area contributed by atoms with Crippen LogP contribution in [0.25, 0.3) is 0 Å². The predicted octanol–water partition coefficient (Wildman–Crippen LogP) is 4.21. The number of benzene rings is 1. The van der Waals surface area contributed by atoms with E-state index in [1.54, 1.807) is 36.2 Å². The number of pyridine rings is 1. The average molecular weight is 498 g/mol. The summed E-state index contributed by atoms with van der Waals surface area (Å²) >= 11 is 1.61. The van der Waals surface area contributed by atoms with Crippen LogP contribution in [0.2, 0.25) is 0 Å². The molecule has 3 aromatic rings. The molecule has 0 spiro atoms. The van der Waals surface area contributed by atoms with Gasteiger partial charge in [-0.05, 0) is 42.0 Å². The van der Waals surface area contributed by atoms with Gasteiger partial charge in [0.25, 0.3) is 5.91 Å². The second kappa shape index (κ2) is 12.0. The summed E-state index contributed by atoms with van der Waals surface area (Å²) in [6.45, 7) is 5.16. The third-order valence-electron chi connectivity index (χ3n) is 5.62. The number of amides is 1. The van der Waals surface area contributed by atoms with E-state index in [1.165, 1.54) is 24.5 Å². The molecule has 0 saturated carbocycles. The summed E-state index contributed by atoms with van der Waals surface area (Å²) in [5, 5.41) is 0.781. The monoisotopic (exact) mass is 497 g/mol. The van der Waals surface area contributed by atoms with E-state index in [0.29, 0.717) is 49.6 Å². The van der Waals surface area contributed by atoms with Crippen LogP contribution in [0.1, 0.15) is 35.0 Å². The van der Waals surface area contributed by atoms with E-state index in [2.05, 4.69) is 16.8 Å². The smallest absolute Gasteiger partial charge is 0.256 e. The predicted molar refractivity (Wildman–Crippen MR) is 132 cm³/mol. The molecule has 1 aliphatic rings. The molecule has 1 fully saturated rings. The zero-order chi connectivity index (χ0) is 24.6. The summed E-state index contributed by atoms with van der Waals surface area (Å²) in [5.74, 6) is 1.18. The molecule has 9 heteroatoms. The number of hydrogen-bond donors (Lipinski definition) is 0. The number of carbonyl (C=O) groups is 1. The van der Waals surface area contributed by atoms with Gasteiger partial charge < -0.3 is 14.1 Å². The molecule has 1 aliphatic heterocycles. The molecule has 0 atom stereocenters. The van der Waals surface area contributed by atoms with Gasteiger partial charge >= 0.3 is 0 Å². The van der Waals surface area contributed by atoms with E-state index in [1.807, 2.05) is 11.0 Å². The summed E-state index contributed by atoms with van der Waals surface area (Å²) in [6.07, 6.45) is 4.04. The first-order chi connectivity index (χ1) is 17.0. The fraction of sp³-hybridized carbons (Fsp3) is 0.346. The number of piperazine rings is 1. The van der Waals surface area contributed by atoms with Gasteiger partial charge in [0.15, 0.2) is 0 Å². The molecule has 2 aromatic heterocycles. The van der Waals surface area contributed by atoms with Crippen LogP contribution in [-0.2, 0) is 13.2 Å². The Morgan fingerprint density at radius 2 is 2.00 bits per heavy atom. The van der Waals surface area contributed by atoms with E-state index in [9.17, 15) is 14.0 Å². The lowest BCUT2D eigenvalue weighted by molar-refractivity contribution is 0.0615. The highest BCUT2D eigenvalue weighted by molar-refractivity contribution is 7.99. The molecule has 0 bridgehead atoms. The Balaban J connectivity index is 1.30. The highest BCUT2D eigenvalue weighted by atomic mass is 32.2. The molecule has 1 aromatic carbocycles. The van der Waals surface area contributed by atoms with Crippen molar-refractivity contribution >= 4 is 17.7 Å². The third-order valence-corrected chi connectivity index (χ3v) is 6.83. The Hall–Kier alpha value is -3.17. The molecular formula is C26H28FN3O4S. The van der Waals surface area contributed by atoms with Gasteiger partial charge in [0, 0.05) is 38.4 Å². The number of hydrogen-bond acceptors (Lipinski definition) is 7. The van der Waals surface area contributed by atoms with Crippen LogP contribution in [0.15, 0.2) is 69.2 Å². The first kappa shape index (κ1) is 24.9. The van der Waals surface area contributed by atoms with Crippen molar-refractivity contribution in [2.24, 2.45) is 0 Å². The summed E-state index contributed by atoms with van der Waals surface area (Å²) in [4.78, 5) is 33.9. The second-order valence-electron chi connectivity index (χ2n) is 8.27. The fourth-order valence-electron chi connectivity index (χ4n) is 3.78. The molecule has 3 heterocycles. The highest BCUT2D eigenvalue weighted by Crippen LogP contribution is 2.23. The quantitative estimate of drug-likeness (QED) is 0.410. The van der Waals surface area contributed by atoms with Crippen molar-refractivity contribution in [2.45, 2.75) is 31.5 Å². The molecule has 0 aliphatic carbocycles. The maximum atomic E-state index is 13.3. The van der Waals surface area contributed by atoms with Crippen LogP contribution in [-0.4, -0.2) is 52.6 Å². The van der Waals surface area contributed by atoms with Crippen LogP contribution < -0.4 is 10.2 Å². The zero-order valence-electron chi connectivity index (χ0n) is 19.6. The number of carbonyl (C=O) groups excluding carboxylic acids is 1. The van der Waals surface area contributed by atoms with Crippen molar-refractivity contribution in [3.8, 4) is 5.75 Å². The topological polar surface area (TPSA) is 75.9 Å². The molecule has 1 amide bonds. The fourth-order valence-corrected chi connectivity index (χ4v) is 4.63. The maximum absolute atomic E-state index is 13.3. The van der Waals surface area contributed by atoms with Gasteiger partial charge in [0.2, 0.25) is 11.2 Å². The molecule has 0 N–H and O–H groups in total. The molecule has 0 unspecified atom stereocenters. The van der Waals surface area contributed by atoms with Gasteiger partial charge in [0.05, 0.1) is 12.1 Å². The third kappa shape index (κ3) is 6.70.